The Hall–Kier alpha value is -1.25. The van der Waals surface area contributed by atoms with E-state index in [4.69, 9.17) is 16.6 Å². The Kier molecular flexibility index (Phi) is 9.61. The third-order valence-electron chi connectivity index (χ3n) is 5.04. The maximum Gasteiger partial charge on any atom is 0.191 e. The van der Waals surface area contributed by atoms with Gasteiger partial charge in [0.2, 0.25) is 0 Å². The van der Waals surface area contributed by atoms with Gasteiger partial charge < -0.3 is 15.6 Å². The Bertz CT molecular complexity index is 780. The lowest BCUT2D eigenvalue weighted by Gasteiger charge is -2.32. The van der Waals surface area contributed by atoms with Crippen LogP contribution in [0.15, 0.2) is 42.0 Å². The first kappa shape index (κ1) is 23.0. The van der Waals surface area contributed by atoms with Gasteiger partial charge in [-0.25, -0.2) is 0 Å². The van der Waals surface area contributed by atoms with Crippen molar-refractivity contribution < 1.29 is 0 Å². The topological polar surface area (TPSA) is 55.5 Å². The molecule has 0 radical (unpaired) electrons. The van der Waals surface area contributed by atoms with E-state index in [-0.39, 0.29) is 24.0 Å². The highest BCUT2D eigenvalue weighted by Crippen LogP contribution is 2.22. The molecule has 0 unspecified atom stereocenters. The first-order valence-electron chi connectivity index (χ1n) is 9.83. The number of piperidine rings is 1. The van der Waals surface area contributed by atoms with E-state index in [9.17, 15) is 0 Å². The van der Waals surface area contributed by atoms with E-state index in [0.29, 0.717) is 6.04 Å². The zero-order valence-corrected chi connectivity index (χ0v) is 19.6. The molecule has 1 aliphatic heterocycles. The molecule has 5 nitrogen and oxygen atoms in total. The molecule has 1 fully saturated rings. The molecule has 0 amide bonds. The molecule has 7 heteroatoms. The van der Waals surface area contributed by atoms with Crippen LogP contribution in [0.3, 0.4) is 0 Å². The smallest absolute Gasteiger partial charge is 0.191 e. The van der Waals surface area contributed by atoms with Gasteiger partial charge in [0, 0.05) is 60.9 Å². The molecule has 1 aliphatic rings. The minimum Gasteiger partial charge on any atom is -0.361 e. The summed E-state index contributed by atoms with van der Waals surface area (Å²) >= 11 is 6.14. The lowest BCUT2D eigenvalue weighted by molar-refractivity contribution is 0.225. The number of H-pyrrole nitrogens is 1. The van der Waals surface area contributed by atoms with Crippen molar-refractivity contribution in [2.75, 3.05) is 32.7 Å². The number of hydrogen-bond donors (Lipinski definition) is 3. The number of benzene rings is 1. The van der Waals surface area contributed by atoms with Gasteiger partial charge in [0.1, 0.15) is 0 Å². The largest absolute Gasteiger partial charge is 0.361 e. The summed E-state index contributed by atoms with van der Waals surface area (Å²) < 4.78 is 0. The number of guanidine groups is 1. The molecule has 3 N–H and O–H groups in total. The quantitative estimate of drug-likeness (QED) is 0.224. The maximum absolute atomic E-state index is 6.14. The number of aromatic amines is 1. The molecule has 1 saturated heterocycles. The zero-order chi connectivity index (χ0) is 19.1. The van der Waals surface area contributed by atoms with Gasteiger partial charge in [-0.05, 0) is 49.9 Å². The molecular weight excluding hydrogens is 485 g/mol. The monoisotopic (exact) mass is 515 g/mol. The van der Waals surface area contributed by atoms with E-state index in [1.807, 2.05) is 24.3 Å². The Labute approximate surface area is 190 Å². The van der Waals surface area contributed by atoms with Gasteiger partial charge in [-0.3, -0.25) is 9.89 Å². The van der Waals surface area contributed by atoms with E-state index in [1.165, 1.54) is 10.9 Å². The highest BCUT2D eigenvalue weighted by Gasteiger charge is 2.19. The summed E-state index contributed by atoms with van der Waals surface area (Å²) in [5.41, 5.74) is 2.37. The fourth-order valence-electron chi connectivity index (χ4n) is 3.60. The highest BCUT2D eigenvalue weighted by molar-refractivity contribution is 14.0. The van der Waals surface area contributed by atoms with Crippen LogP contribution in [0.4, 0.5) is 0 Å². The van der Waals surface area contributed by atoms with Crippen LogP contribution in [0.25, 0.3) is 10.9 Å². The van der Waals surface area contributed by atoms with Gasteiger partial charge in [-0.15, -0.1) is 30.6 Å². The first-order valence-corrected chi connectivity index (χ1v) is 10.2. The molecule has 2 aromatic rings. The molecule has 1 aromatic heterocycles. The SMILES string of the molecule is C=CCN1CCC(NC(=NCCc2c[nH]c3ccc(Cl)cc23)NCC)CC1.I. The number of nitrogens with one attached hydrogen (secondary N) is 3. The minimum atomic E-state index is 0. The van der Waals surface area contributed by atoms with Crippen molar-refractivity contribution in [1.82, 2.24) is 20.5 Å². The standard InChI is InChI=1S/C21H30ClN5.HI/c1-3-11-27-12-8-18(9-13-27)26-21(23-4-2)24-10-7-16-15-25-20-6-5-17(22)14-19(16)20;/h3,5-6,14-15,18,25H,1,4,7-13H2,2H3,(H2,23,24,26);1H. The molecule has 28 heavy (non-hydrogen) atoms. The number of aliphatic imine (C=N–C) groups is 1. The molecule has 0 bridgehead atoms. The van der Waals surface area contributed by atoms with Crippen LogP contribution >= 0.6 is 35.6 Å². The Balaban J connectivity index is 0.00000280. The van der Waals surface area contributed by atoms with E-state index < -0.39 is 0 Å². The fourth-order valence-corrected chi connectivity index (χ4v) is 3.77. The lowest BCUT2D eigenvalue weighted by Crippen LogP contribution is -2.48. The van der Waals surface area contributed by atoms with Crippen LogP contribution in [0.1, 0.15) is 25.3 Å². The minimum absolute atomic E-state index is 0. The summed E-state index contributed by atoms with van der Waals surface area (Å²) in [6.07, 6.45) is 7.20. The number of halogens is 2. The Morgan fingerprint density at radius 1 is 1.39 bits per heavy atom. The van der Waals surface area contributed by atoms with Crippen molar-refractivity contribution >= 4 is 52.4 Å². The number of likely N-dealkylation sites (tertiary alicyclic amines) is 1. The lowest BCUT2D eigenvalue weighted by atomic mass is 10.1. The van der Waals surface area contributed by atoms with Crippen LogP contribution in [-0.2, 0) is 6.42 Å². The molecule has 0 atom stereocenters. The second-order valence-corrected chi connectivity index (χ2v) is 7.46. The summed E-state index contributed by atoms with van der Waals surface area (Å²) in [6.45, 7) is 10.7. The van der Waals surface area contributed by atoms with Crippen LogP contribution in [0.5, 0.6) is 0 Å². The van der Waals surface area contributed by atoms with Gasteiger partial charge in [0.15, 0.2) is 5.96 Å². The van der Waals surface area contributed by atoms with Gasteiger partial charge in [-0.2, -0.15) is 0 Å². The number of rotatable bonds is 7. The van der Waals surface area contributed by atoms with Crippen molar-refractivity contribution in [3.63, 3.8) is 0 Å². The maximum atomic E-state index is 6.14. The van der Waals surface area contributed by atoms with Crippen molar-refractivity contribution in [3.05, 3.63) is 47.6 Å². The average Bonchev–Trinajstić information content (AvgIpc) is 3.06. The number of aromatic nitrogens is 1. The van der Waals surface area contributed by atoms with Crippen LogP contribution < -0.4 is 10.6 Å². The normalized spacial score (nSPS) is 16.0. The number of fused-ring (bicyclic) bond motifs is 1. The molecule has 0 spiro atoms. The summed E-state index contributed by atoms with van der Waals surface area (Å²) in [5, 5.41) is 8.93. The summed E-state index contributed by atoms with van der Waals surface area (Å²) in [4.78, 5) is 10.5. The third kappa shape index (κ3) is 6.39. The van der Waals surface area contributed by atoms with E-state index in [0.717, 1.165) is 68.5 Å². The van der Waals surface area contributed by atoms with Gasteiger partial charge in [0.25, 0.3) is 0 Å². The zero-order valence-electron chi connectivity index (χ0n) is 16.5. The molecular formula is C21H31ClIN5. The summed E-state index contributed by atoms with van der Waals surface area (Å²) in [6, 6.07) is 6.44. The van der Waals surface area contributed by atoms with Crippen molar-refractivity contribution in [1.29, 1.82) is 0 Å². The van der Waals surface area contributed by atoms with Crippen LogP contribution in [0.2, 0.25) is 5.02 Å². The predicted octanol–water partition coefficient (Wildman–Crippen LogP) is 4.19. The molecule has 3 rings (SSSR count). The Morgan fingerprint density at radius 3 is 2.89 bits per heavy atom. The van der Waals surface area contributed by atoms with Crippen molar-refractivity contribution in [2.24, 2.45) is 4.99 Å². The molecule has 154 valence electrons. The van der Waals surface area contributed by atoms with E-state index in [1.54, 1.807) is 0 Å². The predicted molar refractivity (Wildman–Crippen MR) is 131 cm³/mol. The fraction of sp³-hybridized carbons (Fsp3) is 0.476. The van der Waals surface area contributed by atoms with Gasteiger partial charge >= 0.3 is 0 Å². The second kappa shape index (κ2) is 11.7. The van der Waals surface area contributed by atoms with Crippen LogP contribution in [0, 0.1) is 0 Å². The van der Waals surface area contributed by atoms with E-state index in [2.05, 4.69) is 40.2 Å². The van der Waals surface area contributed by atoms with Crippen molar-refractivity contribution in [3.8, 4) is 0 Å². The van der Waals surface area contributed by atoms with Crippen LogP contribution in [-0.4, -0.2) is 54.6 Å². The van der Waals surface area contributed by atoms with E-state index >= 15 is 0 Å². The molecule has 1 aromatic carbocycles. The van der Waals surface area contributed by atoms with Crippen molar-refractivity contribution in [2.45, 2.75) is 32.2 Å². The summed E-state index contributed by atoms with van der Waals surface area (Å²) in [7, 11) is 0. The summed E-state index contributed by atoms with van der Waals surface area (Å²) in [5.74, 6) is 0.914. The molecule has 0 aliphatic carbocycles. The second-order valence-electron chi connectivity index (χ2n) is 7.02. The molecule has 2 heterocycles. The number of nitrogens with zero attached hydrogens (tertiary/aromatic N) is 2. The average molecular weight is 516 g/mol. The van der Waals surface area contributed by atoms with Gasteiger partial charge in [-0.1, -0.05) is 17.7 Å². The molecule has 0 saturated carbocycles. The highest BCUT2D eigenvalue weighted by atomic mass is 127. The van der Waals surface area contributed by atoms with Gasteiger partial charge in [0.05, 0.1) is 0 Å². The number of hydrogen-bond acceptors (Lipinski definition) is 2. The first-order chi connectivity index (χ1) is 13.2. The Morgan fingerprint density at radius 2 is 2.18 bits per heavy atom. The third-order valence-corrected chi connectivity index (χ3v) is 5.28.